The molecule has 2 nitrogen and oxygen atoms in total. The molecular formula is C35H50O2. The summed E-state index contributed by atoms with van der Waals surface area (Å²) in [5.74, 6) is 2.28. The molecule has 2 aromatic rings. The molecule has 0 radical (unpaired) electrons. The molecule has 0 N–H and O–H groups in total. The fourth-order valence-electron chi connectivity index (χ4n) is 6.64. The number of rotatable bonds is 11. The molecule has 202 valence electrons. The van der Waals surface area contributed by atoms with Crippen LogP contribution in [-0.2, 0) is 9.53 Å². The van der Waals surface area contributed by atoms with E-state index in [1.54, 1.807) is 0 Å². The number of hydrogen-bond acceptors (Lipinski definition) is 2. The Labute approximate surface area is 226 Å². The third-order valence-electron chi connectivity index (χ3n) is 9.47. The van der Waals surface area contributed by atoms with Gasteiger partial charge in [-0.25, -0.2) is 0 Å². The van der Waals surface area contributed by atoms with Crippen molar-refractivity contribution >= 4 is 5.97 Å². The molecule has 2 aromatic carbocycles. The van der Waals surface area contributed by atoms with Crippen molar-refractivity contribution in [2.24, 2.45) is 11.3 Å². The van der Waals surface area contributed by atoms with Crippen LogP contribution in [0.4, 0.5) is 0 Å². The van der Waals surface area contributed by atoms with E-state index in [1.807, 2.05) is 0 Å². The summed E-state index contributed by atoms with van der Waals surface area (Å²) in [7, 11) is 0. The van der Waals surface area contributed by atoms with Gasteiger partial charge in [0, 0.05) is 0 Å². The minimum absolute atomic E-state index is 0.0122. The lowest BCUT2D eigenvalue weighted by atomic mass is 9.70. The zero-order chi connectivity index (χ0) is 26.1. The highest BCUT2D eigenvalue weighted by atomic mass is 16.5. The SMILES string of the molecule is CCCCCC1CCC(c2ccc(-c3ccc(C4CCC(C)(C(=O)OCCCC)CC4)cc3)cc2)CC1. The van der Waals surface area contributed by atoms with Gasteiger partial charge in [-0.15, -0.1) is 0 Å². The van der Waals surface area contributed by atoms with E-state index in [1.165, 1.54) is 73.6 Å². The van der Waals surface area contributed by atoms with Gasteiger partial charge in [0.15, 0.2) is 0 Å². The van der Waals surface area contributed by atoms with Gasteiger partial charge in [0.05, 0.1) is 12.0 Å². The van der Waals surface area contributed by atoms with E-state index < -0.39 is 0 Å². The summed E-state index contributed by atoms with van der Waals surface area (Å²) in [6, 6.07) is 18.6. The Bertz CT molecular complexity index is 942. The molecule has 0 spiro atoms. The van der Waals surface area contributed by atoms with E-state index in [2.05, 4.69) is 69.3 Å². The molecule has 0 saturated heterocycles. The maximum Gasteiger partial charge on any atom is 0.311 e. The summed E-state index contributed by atoms with van der Waals surface area (Å²) in [4.78, 5) is 12.6. The van der Waals surface area contributed by atoms with Crippen molar-refractivity contribution in [1.82, 2.24) is 0 Å². The summed E-state index contributed by atoms with van der Waals surface area (Å²) in [6.07, 6.45) is 17.2. The zero-order valence-electron chi connectivity index (χ0n) is 23.8. The van der Waals surface area contributed by atoms with E-state index in [0.29, 0.717) is 12.5 Å². The van der Waals surface area contributed by atoms with Crippen LogP contribution in [0.25, 0.3) is 11.1 Å². The monoisotopic (exact) mass is 502 g/mol. The van der Waals surface area contributed by atoms with Crippen LogP contribution >= 0.6 is 0 Å². The van der Waals surface area contributed by atoms with Gasteiger partial charge in [0.2, 0.25) is 0 Å². The third kappa shape index (κ3) is 7.49. The normalized spacial score (nSPS) is 26.1. The summed E-state index contributed by atoms with van der Waals surface area (Å²) >= 11 is 0. The van der Waals surface area contributed by atoms with Crippen molar-refractivity contribution in [2.75, 3.05) is 6.61 Å². The Morgan fingerprint density at radius 1 is 0.730 bits per heavy atom. The van der Waals surface area contributed by atoms with Crippen LogP contribution in [-0.4, -0.2) is 12.6 Å². The van der Waals surface area contributed by atoms with Gasteiger partial charge in [-0.05, 0) is 105 Å². The Morgan fingerprint density at radius 3 is 1.76 bits per heavy atom. The number of benzene rings is 2. The van der Waals surface area contributed by atoms with Crippen molar-refractivity contribution < 1.29 is 9.53 Å². The predicted octanol–water partition coefficient (Wildman–Crippen LogP) is 10.2. The lowest BCUT2D eigenvalue weighted by molar-refractivity contribution is -0.157. The molecule has 0 aliphatic heterocycles. The van der Waals surface area contributed by atoms with Crippen molar-refractivity contribution in [3.05, 3.63) is 59.7 Å². The molecule has 0 unspecified atom stereocenters. The number of unbranched alkanes of at least 4 members (excludes halogenated alkanes) is 3. The molecule has 0 amide bonds. The second-order valence-corrected chi connectivity index (χ2v) is 12.3. The topological polar surface area (TPSA) is 26.3 Å². The minimum atomic E-state index is -0.305. The quantitative estimate of drug-likeness (QED) is 0.226. The molecule has 0 heterocycles. The Kier molecular flexibility index (Phi) is 10.3. The number of esters is 1. The van der Waals surface area contributed by atoms with Gasteiger partial charge in [-0.3, -0.25) is 4.79 Å². The molecule has 37 heavy (non-hydrogen) atoms. The first kappa shape index (κ1) is 27.9. The smallest absolute Gasteiger partial charge is 0.311 e. The van der Waals surface area contributed by atoms with Gasteiger partial charge < -0.3 is 4.74 Å². The van der Waals surface area contributed by atoms with E-state index in [0.717, 1.165) is 50.4 Å². The summed E-state index contributed by atoms with van der Waals surface area (Å²) < 4.78 is 5.56. The van der Waals surface area contributed by atoms with Gasteiger partial charge in [-0.1, -0.05) is 94.5 Å². The van der Waals surface area contributed by atoms with Gasteiger partial charge in [0.1, 0.15) is 0 Å². The van der Waals surface area contributed by atoms with Crippen molar-refractivity contribution in [2.45, 2.75) is 122 Å². The minimum Gasteiger partial charge on any atom is -0.465 e. The highest BCUT2D eigenvalue weighted by molar-refractivity contribution is 5.76. The van der Waals surface area contributed by atoms with Gasteiger partial charge >= 0.3 is 5.97 Å². The van der Waals surface area contributed by atoms with E-state index in [9.17, 15) is 4.79 Å². The lowest BCUT2D eigenvalue weighted by Gasteiger charge is -2.35. The van der Waals surface area contributed by atoms with Crippen LogP contribution in [0.1, 0.15) is 134 Å². The molecule has 4 rings (SSSR count). The molecule has 2 aliphatic rings. The third-order valence-corrected chi connectivity index (χ3v) is 9.47. The van der Waals surface area contributed by atoms with Crippen molar-refractivity contribution in [3.8, 4) is 11.1 Å². The molecule has 2 saturated carbocycles. The first-order chi connectivity index (χ1) is 18.0. The standard InChI is InChI=1S/C35H50O2/c1-4-6-8-9-27-10-12-28(13-11-27)29-14-16-30(17-15-29)31-18-20-32(21-19-31)33-22-24-35(3,25-23-33)34(36)37-26-7-5-2/h14-21,27-28,33H,4-13,22-26H2,1-3H3. The number of hydrogen-bond donors (Lipinski definition) is 0. The molecule has 0 bridgehead atoms. The van der Waals surface area contributed by atoms with E-state index in [4.69, 9.17) is 4.74 Å². The molecule has 0 aromatic heterocycles. The summed E-state index contributed by atoms with van der Waals surface area (Å²) in [5.41, 5.74) is 5.26. The second kappa shape index (κ2) is 13.6. The first-order valence-electron chi connectivity index (χ1n) is 15.4. The summed E-state index contributed by atoms with van der Waals surface area (Å²) in [5, 5.41) is 0. The number of carbonyl (C=O) groups excluding carboxylic acids is 1. The lowest BCUT2D eigenvalue weighted by Crippen LogP contribution is -2.34. The van der Waals surface area contributed by atoms with E-state index in [-0.39, 0.29) is 11.4 Å². The fraction of sp³-hybridized carbons (Fsp3) is 0.629. The maximum atomic E-state index is 12.6. The summed E-state index contributed by atoms with van der Waals surface area (Å²) in [6.45, 7) is 7.10. The molecule has 2 heteroatoms. The Hall–Kier alpha value is -2.09. The molecule has 0 atom stereocenters. The second-order valence-electron chi connectivity index (χ2n) is 12.3. The Balaban J connectivity index is 1.27. The average molecular weight is 503 g/mol. The highest BCUT2D eigenvalue weighted by Crippen LogP contribution is 2.44. The Morgan fingerprint density at radius 2 is 1.24 bits per heavy atom. The molecule has 2 aliphatic carbocycles. The highest BCUT2D eigenvalue weighted by Gasteiger charge is 2.39. The zero-order valence-corrected chi connectivity index (χ0v) is 23.8. The average Bonchev–Trinajstić information content (AvgIpc) is 2.94. The van der Waals surface area contributed by atoms with Crippen LogP contribution in [0.2, 0.25) is 0 Å². The maximum absolute atomic E-state index is 12.6. The van der Waals surface area contributed by atoms with Crippen LogP contribution < -0.4 is 0 Å². The predicted molar refractivity (Wildman–Crippen MR) is 156 cm³/mol. The van der Waals surface area contributed by atoms with Crippen LogP contribution in [0.5, 0.6) is 0 Å². The largest absolute Gasteiger partial charge is 0.465 e. The van der Waals surface area contributed by atoms with Gasteiger partial charge in [0.25, 0.3) is 0 Å². The number of ether oxygens (including phenoxy) is 1. The molecular weight excluding hydrogens is 452 g/mol. The van der Waals surface area contributed by atoms with Crippen molar-refractivity contribution in [3.63, 3.8) is 0 Å². The van der Waals surface area contributed by atoms with Crippen LogP contribution in [0, 0.1) is 11.3 Å². The number of carbonyl (C=O) groups is 1. The van der Waals surface area contributed by atoms with E-state index >= 15 is 0 Å². The van der Waals surface area contributed by atoms with Gasteiger partial charge in [-0.2, -0.15) is 0 Å². The van der Waals surface area contributed by atoms with Crippen LogP contribution in [0.15, 0.2) is 48.5 Å². The molecule has 2 fully saturated rings. The first-order valence-corrected chi connectivity index (χ1v) is 15.4. The van der Waals surface area contributed by atoms with Crippen LogP contribution in [0.3, 0.4) is 0 Å². The fourth-order valence-corrected chi connectivity index (χ4v) is 6.64. The van der Waals surface area contributed by atoms with Crippen molar-refractivity contribution in [1.29, 1.82) is 0 Å².